The highest BCUT2D eigenvalue weighted by molar-refractivity contribution is 6.31. The number of aliphatic imine (C=N–C) groups is 1. The largest absolute Gasteiger partial charge is 0.492 e. The molecule has 2 heterocycles. The number of carbonyl (C=O) groups is 1. The zero-order valence-electron chi connectivity index (χ0n) is 18.8. The smallest absolute Gasteiger partial charge is 0.411 e. The van der Waals surface area contributed by atoms with E-state index < -0.39 is 6.09 Å². The number of aromatic nitrogens is 1. The van der Waals surface area contributed by atoms with E-state index in [0.717, 1.165) is 27.7 Å². The molecule has 34 heavy (non-hydrogen) atoms. The number of benzene rings is 2. The first-order valence-electron chi connectivity index (χ1n) is 10.9. The van der Waals surface area contributed by atoms with E-state index in [2.05, 4.69) is 21.8 Å². The van der Waals surface area contributed by atoms with Crippen molar-refractivity contribution in [2.75, 3.05) is 26.3 Å². The van der Waals surface area contributed by atoms with Crippen LogP contribution in [0, 0.1) is 11.8 Å². The van der Waals surface area contributed by atoms with Crippen molar-refractivity contribution in [3.05, 3.63) is 64.3 Å². The molecule has 0 aliphatic carbocycles. The Hall–Kier alpha value is -3.83. The predicted molar refractivity (Wildman–Crippen MR) is 133 cm³/mol. The topological polar surface area (TPSA) is 119 Å². The first kappa shape index (κ1) is 23.3. The molecule has 4 rings (SSSR count). The number of amides is 1. The molecule has 2 aromatic carbocycles. The first-order valence-corrected chi connectivity index (χ1v) is 11.3. The summed E-state index contributed by atoms with van der Waals surface area (Å²) >= 11 is 6.26. The summed E-state index contributed by atoms with van der Waals surface area (Å²) < 4.78 is 11.1. The van der Waals surface area contributed by atoms with Gasteiger partial charge in [0.05, 0.1) is 6.54 Å². The fraction of sp³-hybridized carbons (Fsp3) is 0.280. The van der Waals surface area contributed by atoms with Gasteiger partial charge in [0, 0.05) is 28.2 Å². The molecule has 0 fully saturated rings. The summed E-state index contributed by atoms with van der Waals surface area (Å²) in [5.41, 5.74) is 14.7. The van der Waals surface area contributed by atoms with Gasteiger partial charge >= 0.3 is 6.09 Å². The Bertz CT molecular complexity index is 1270. The van der Waals surface area contributed by atoms with Crippen LogP contribution < -0.4 is 16.2 Å². The average Bonchev–Trinajstić information content (AvgIpc) is 3.19. The monoisotopic (exact) mass is 479 g/mol. The second-order valence-corrected chi connectivity index (χ2v) is 8.19. The summed E-state index contributed by atoms with van der Waals surface area (Å²) in [5, 5.41) is 1.74. The number of nitrogens with one attached hydrogen (secondary N) is 1. The van der Waals surface area contributed by atoms with Crippen LogP contribution in [-0.2, 0) is 11.2 Å². The maximum atomic E-state index is 13.0. The minimum Gasteiger partial charge on any atom is -0.492 e. The number of halogens is 1. The summed E-state index contributed by atoms with van der Waals surface area (Å²) in [6, 6.07) is 13.0. The lowest BCUT2D eigenvalue weighted by molar-refractivity contribution is 0.0993. The van der Waals surface area contributed by atoms with Gasteiger partial charge in [-0.2, -0.15) is 0 Å². The number of aromatic amines is 1. The first-order chi connectivity index (χ1) is 16.5. The van der Waals surface area contributed by atoms with Crippen LogP contribution in [0.4, 0.5) is 4.79 Å². The van der Waals surface area contributed by atoms with Crippen molar-refractivity contribution >= 4 is 34.6 Å². The van der Waals surface area contributed by atoms with Gasteiger partial charge in [-0.25, -0.2) is 4.79 Å². The lowest BCUT2D eigenvalue weighted by Gasteiger charge is -2.35. The van der Waals surface area contributed by atoms with Crippen molar-refractivity contribution in [3.63, 3.8) is 0 Å². The van der Waals surface area contributed by atoms with E-state index in [-0.39, 0.29) is 18.6 Å². The number of hydrogen-bond acceptors (Lipinski definition) is 4. The van der Waals surface area contributed by atoms with E-state index >= 15 is 0 Å². The molecule has 0 saturated carbocycles. The minimum atomic E-state index is -0.410. The molecular weight excluding hydrogens is 454 g/mol. The summed E-state index contributed by atoms with van der Waals surface area (Å²) in [6.07, 6.45) is 0.278. The molecule has 176 valence electrons. The summed E-state index contributed by atoms with van der Waals surface area (Å²) in [5.74, 6) is 6.23. The molecule has 5 N–H and O–H groups in total. The number of nitrogens with two attached hydrogens (primary N) is 2. The molecule has 1 unspecified atom stereocenters. The van der Waals surface area contributed by atoms with Crippen LogP contribution in [-0.4, -0.2) is 48.2 Å². The van der Waals surface area contributed by atoms with Gasteiger partial charge in [-0.3, -0.25) is 9.89 Å². The fourth-order valence-electron chi connectivity index (χ4n) is 4.14. The van der Waals surface area contributed by atoms with Crippen LogP contribution in [0.1, 0.15) is 29.8 Å². The average molecular weight is 480 g/mol. The van der Waals surface area contributed by atoms with Crippen molar-refractivity contribution in [3.8, 4) is 17.6 Å². The Labute approximate surface area is 202 Å². The highest BCUT2D eigenvalue weighted by atomic mass is 35.5. The Morgan fingerprint density at radius 2 is 2.06 bits per heavy atom. The normalized spacial score (nSPS) is 14.6. The Kier molecular flexibility index (Phi) is 7.14. The maximum absolute atomic E-state index is 13.0. The number of nitrogens with zero attached hydrogens (tertiary/aromatic N) is 2. The molecule has 3 aromatic rings. The van der Waals surface area contributed by atoms with E-state index in [4.69, 9.17) is 32.5 Å². The number of fused-ring (bicyclic) bond motifs is 3. The third-order valence-electron chi connectivity index (χ3n) is 5.62. The van der Waals surface area contributed by atoms with Crippen molar-refractivity contribution in [1.29, 1.82) is 0 Å². The molecule has 0 saturated heterocycles. The quantitative estimate of drug-likeness (QED) is 0.216. The number of hydrogen-bond donors (Lipinski definition) is 3. The number of carbonyl (C=O) groups excluding carboxylic acids is 1. The molecule has 1 aliphatic heterocycles. The van der Waals surface area contributed by atoms with Crippen molar-refractivity contribution in [2.45, 2.75) is 19.4 Å². The lowest BCUT2D eigenvalue weighted by Crippen LogP contribution is -2.41. The van der Waals surface area contributed by atoms with Crippen LogP contribution in [0.2, 0.25) is 5.02 Å². The van der Waals surface area contributed by atoms with Crippen LogP contribution in [0.3, 0.4) is 0 Å². The van der Waals surface area contributed by atoms with Crippen molar-refractivity contribution in [1.82, 2.24) is 9.88 Å². The molecule has 0 spiro atoms. The minimum absolute atomic E-state index is 0.0311. The highest BCUT2D eigenvalue weighted by Gasteiger charge is 2.35. The van der Waals surface area contributed by atoms with Gasteiger partial charge in [0.2, 0.25) is 0 Å². The van der Waals surface area contributed by atoms with Crippen molar-refractivity contribution in [2.24, 2.45) is 16.5 Å². The summed E-state index contributed by atoms with van der Waals surface area (Å²) in [7, 11) is 0. The molecule has 8 nitrogen and oxygen atoms in total. The van der Waals surface area contributed by atoms with Gasteiger partial charge in [-0.05, 0) is 54.8 Å². The van der Waals surface area contributed by atoms with Crippen LogP contribution in [0.25, 0.3) is 10.9 Å². The Morgan fingerprint density at radius 1 is 1.26 bits per heavy atom. The predicted octanol–water partition coefficient (Wildman–Crippen LogP) is 3.58. The number of H-pyrrole nitrogens is 1. The van der Waals surface area contributed by atoms with E-state index in [0.29, 0.717) is 36.9 Å². The standard InChI is InChI=1S/C25H26ClN5O3/c1-2-3-13-34-25(32)31-12-10-19-20-15-17(26)6-9-21(20)30-22(19)23(31)16-4-7-18(8-5-16)33-14-11-29-24(27)28/h4-9,15,23,30H,10-14H2,1H3,(H4,27,28,29). The van der Waals surface area contributed by atoms with Gasteiger partial charge in [0.25, 0.3) is 0 Å². The van der Waals surface area contributed by atoms with Gasteiger partial charge in [0.1, 0.15) is 18.4 Å². The zero-order valence-corrected chi connectivity index (χ0v) is 19.6. The van der Waals surface area contributed by atoms with Gasteiger partial charge in [-0.15, -0.1) is 5.92 Å². The second kappa shape index (κ2) is 10.4. The Morgan fingerprint density at radius 3 is 2.79 bits per heavy atom. The van der Waals surface area contributed by atoms with E-state index in [1.807, 2.05) is 42.5 Å². The third kappa shape index (κ3) is 5.05. The summed E-state index contributed by atoms with van der Waals surface area (Å²) in [6.45, 7) is 2.99. The number of ether oxygens (including phenoxy) is 2. The maximum Gasteiger partial charge on any atom is 0.411 e. The van der Waals surface area contributed by atoms with Gasteiger partial charge in [-0.1, -0.05) is 29.7 Å². The second-order valence-electron chi connectivity index (χ2n) is 7.76. The molecular formula is C25H26ClN5O3. The number of rotatable bonds is 6. The lowest BCUT2D eigenvalue weighted by atomic mass is 9.92. The Balaban J connectivity index is 1.65. The molecule has 1 amide bonds. The zero-order chi connectivity index (χ0) is 24.1. The molecule has 0 bridgehead atoms. The van der Waals surface area contributed by atoms with Crippen molar-refractivity contribution < 1.29 is 14.3 Å². The summed E-state index contributed by atoms with van der Waals surface area (Å²) in [4.78, 5) is 22.1. The van der Waals surface area contributed by atoms with Gasteiger partial charge in [0.15, 0.2) is 12.6 Å². The van der Waals surface area contributed by atoms with E-state index in [1.54, 1.807) is 11.8 Å². The molecule has 1 aromatic heterocycles. The highest BCUT2D eigenvalue weighted by Crippen LogP contribution is 2.39. The van der Waals surface area contributed by atoms with Crippen LogP contribution in [0.15, 0.2) is 47.5 Å². The van der Waals surface area contributed by atoms with Crippen LogP contribution in [0.5, 0.6) is 5.75 Å². The third-order valence-corrected chi connectivity index (χ3v) is 5.85. The van der Waals surface area contributed by atoms with E-state index in [9.17, 15) is 4.79 Å². The van der Waals surface area contributed by atoms with E-state index in [1.165, 1.54) is 0 Å². The molecule has 9 heteroatoms. The molecule has 1 aliphatic rings. The SMILES string of the molecule is CC#CCOC(=O)N1CCc2c([nH]c3ccc(Cl)cc23)C1c1ccc(OCCN=C(N)N)cc1. The number of guanidine groups is 1. The molecule has 1 atom stereocenters. The fourth-order valence-corrected chi connectivity index (χ4v) is 4.31. The van der Waals surface area contributed by atoms with Crippen LogP contribution >= 0.6 is 11.6 Å². The molecule has 0 radical (unpaired) electrons. The van der Waals surface area contributed by atoms with Gasteiger partial charge < -0.3 is 25.9 Å².